The molecule has 0 atom stereocenters. The molecule has 0 fully saturated rings. The minimum absolute atomic E-state index is 0.147. The van der Waals surface area contributed by atoms with Gasteiger partial charge in [0.2, 0.25) is 0 Å². The van der Waals surface area contributed by atoms with Crippen LogP contribution in [0.5, 0.6) is 0 Å². The van der Waals surface area contributed by atoms with Gasteiger partial charge < -0.3 is 0 Å². The fourth-order valence-electron chi connectivity index (χ4n) is 2.07. The van der Waals surface area contributed by atoms with Crippen molar-refractivity contribution in [1.82, 2.24) is 0 Å². The average molecular weight is 352 g/mol. The molecule has 0 aliphatic carbocycles. The van der Waals surface area contributed by atoms with Gasteiger partial charge in [-0.2, -0.15) is 0 Å². The summed E-state index contributed by atoms with van der Waals surface area (Å²) in [6.07, 6.45) is 0. The number of benzene rings is 2. The zero-order chi connectivity index (χ0) is 14.7. The number of rotatable bonds is 4. The Kier molecular flexibility index (Phi) is 4.83. The number of nitrogens with zero attached hydrogens (tertiary/aromatic N) is 1. The van der Waals surface area contributed by atoms with Crippen molar-refractivity contribution in [3.63, 3.8) is 0 Å². The first-order valence-corrected chi connectivity index (χ1v) is 7.87. The summed E-state index contributed by atoms with van der Waals surface area (Å²) in [4.78, 5) is 11.4. The van der Waals surface area contributed by atoms with E-state index in [2.05, 4.69) is 48.0 Å². The van der Waals surface area contributed by atoms with Gasteiger partial charge in [0, 0.05) is 16.3 Å². The average Bonchev–Trinajstić information content (AvgIpc) is 2.36. The van der Waals surface area contributed by atoms with Crippen LogP contribution in [0, 0.1) is 24.0 Å². The van der Waals surface area contributed by atoms with E-state index >= 15 is 0 Å². The van der Waals surface area contributed by atoms with E-state index in [9.17, 15) is 10.1 Å². The van der Waals surface area contributed by atoms with Gasteiger partial charge in [-0.15, -0.1) is 11.8 Å². The molecule has 0 aromatic heterocycles. The fourth-order valence-corrected chi connectivity index (χ4v) is 3.35. The molecule has 5 heteroatoms. The van der Waals surface area contributed by atoms with Crippen LogP contribution in [-0.2, 0) is 5.75 Å². The minimum atomic E-state index is -0.339. The van der Waals surface area contributed by atoms with Gasteiger partial charge in [-0.05, 0) is 31.5 Å². The molecule has 0 aliphatic rings. The molecule has 104 valence electrons. The van der Waals surface area contributed by atoms with Crippen molar-refractivity contribution in [2.24, 2.45) is 0 Å². The lowest BCUT2D eigenvalue weighted by Crippen LogP contribution is -1.92. The van der Waals surface area contributed by atoms with Crippen molar-refractivity contribution in [2.45, 2.75) is 24.5 Å². The highest BCUT2D eigenvalue weighted by Gasteiger charge is 2.14. The van der Waals surface area contributed by atoms with E-state index in [1.54, 1.807) is 12.1 Å². The minimum Gasteiger partial charge on any atom is -0.258 e. The van der Waals surface area contributed by atoms with Crippen molar-refractivity contribution < 1.29 is 4.92 Å². The Balaban J connectivity index is 2.20. The van der Waals surface area contributed by atoms with E-state index < -0.39 is 0 Å². The molecule has 2 aromatic rings. The zero-order valence-corrected chi connectivity index (χ0v) is 13.6. The van der Waals surface area contributed by atoms with E-state index in [4.69, 9.17) is 0 Å². The second-order valence-electron chi connectivity index (χ2n) is 4.65. The van der Waals surface area contributed by atoms with E-state index in [-0.39, 0.29) is 10.6 Å². The predicted octanol–water partition coefficient (Wildman–Crippen LogP) is 5.27. The highest BCUT2D eigenvalue weighted by Crippen LogP contribution is 2.33. The van der Waals surface area contributed by atoms with Gasteiger partial charge in [0.1, 0.15) is 0 Å². The molecule has 0 bridgehead atoms. The predicted molar refractivity (Wildman–Crippen MR) is 86.3 cm³/mol. The maximum atomic E-state index is 11.1. The Morgan fingerprint density at radius 1 is 1.15 bits per heavy atom. The van der Waals surface area contributed by atoms with Crippen LogP contribution < -0.4 is 0 Å². The van der Waals surface area contributed by atoms with Crippen LogP contribution in [0.4, 0.5) is 5.69 Å². The van der Waals surface area contributed by atoms with E-state index in [0.29, 0.717) is 4.90 Å². The van der Waals surface area contributed by atoms with Gasteiger partial charge in [0.15, 0.2) is 0 Å². The Morgan fingerprint density at radius 3 is 2.40 bits per heavy atom. The first-order chi connectivity index (χ1) is 9.45. The van der Waals surface area contributed by atoms with Crippen LogP contribution in [0.25, 0.3) is 0 Å². The molecule has 0 saturated carbocycles. The molecule has 0 amide bonds. The Morgan fingerprint density at radius 2 is 1.80 bits per heavy atom. The number of thioether (sulfide) groups is 1. The quantitative estimate of drug-likeness (QED) is 0.428. The Labute approximate surface area is 130 Å². The van der Waals surface area contributed by atoms with Crippen molar-refractivity contribution in [3.8, 4) is 0 Å². The number of hydrogen-bond acceptors (Lipinski definition) is 3. The molecule has 2 rings (SSSR count). The highest BCUT2D eigenvalue weighted by molar-refractivity contribution is 9.10. The van der Waals surface area contributed by atoms with Crippen molar-refractivity contribution in [1.29, 1.82) is 0 Å². The van der Waals surface area contributed by atoms with Crippen LogP contribution >= 0.6 is 27.7 Å². The van der Waals surface area contributed by atoms with E-state index in [0.717, 1.165) is 10.2 Å². The van der Waals surface area contributed by atoms with Crippen LogP contribution in [0.15, 0.2) is 45.8 Å². The smallest absolute Gasteiger partial charge is 0.258 e. The topological polar surface area (TPSA) is 43.1 Å². The third-order valence-electron chi connectivity index (χ3n) is 2.79. The maximum Gasteiger partial charge on any atom is 0.284 e. The van der Waals surface area contributed by atoms with Crippen LogP contribution in [-0.4, -0.2) is 4.92 Å². The van der Waals surface area contributed by atoms with Crippen LogP contribution in [0.1, 0.15) is 16.7 Å². The zero-order valence-electron chi connectivity index (χ0n) is 11.2. The lowest BCUT2D eigenvalue weighted by molar-refractivity contribution is -0.387. The molecule has 2 aromatic carbocycles. The molecule has 0 saturated heterocycles. The second-order valence-corrected chi connectivity index (χ2v) is 6.59. The van der Waals surface area contributed by atoms with Gasteiger partial charge in [0.25, 0.3) is 5.69 Å². The standard InChI is InChI=1S/C15H14BrNO2S/c1-10-5-11(2)7-12(6-10)9-20-15-4-3-13(16)8-14(15)17(18)19/h3-8H,9H2,1-2H3. The molecule has 3 nitrogen and oxygen atoms in total. The summed E-state index contributed by atoms with van der Waals surface area (Å²) in [6, 6.07) is 11.5. The molecule has 0 aliphatic heterocycles. The van der Waals surface area contributed by atoms with E-state index in [1.807, 2.05) is 6.07 Å². The second kappa shape index (κ2) is 6.41. The molecule has 20 heavy (non-hydrogen) atoms. The lowest BCUT2D eigenvalue weighted by atomic mass is 10.1. The van der Waals surface area contributed by atoms with Gasteiger partial charge in [-0.1, -0.05) is 45.3 Å². The molecular weight excluding hydrogens is 338 g/mol. The monoisotopic (exact) mass is 351 g/mol. The third-order valence-corrected chi connectivity index (χ3v) is 4.42. The van der Waals surface area contributed by atoms with Crippen molar-refractivity contribution in [2.75, 3.05) is 0 Å². The highest BCUT2D eigenvalue weighted by atomic mass is 79.9. The number of nitro groups is 1. The molecule has 0 N–H and O–H groups in total. The summed E-state index contributed by atoms with van der Waals surface area (Å²) in [6.45, 7) is 4.12. The van der Waals surface area contributed by atoms with Gasteiger partial charge in [-0.25, -0.2) is 0 Å². The molecule has 0 heterocycles. The fraction of sp³-hybridized carbons (Fsp3) is 0.200. The lowest BCUT2D eigenvalue weighted by Gasteiger charge is -2.06. The normalized spacial score (nSPS) is 10.6. The van der Waals surface area contributed by atoms with Gasteiger partial charge in [0.05, 0.1) is 9.82 Å². The summed E-state index contributed by atoms with van der Waals surface area (Å²) in [5.74, 6) is 0.727. The summed E-state index contributed by atoms with van der Waals surface area (Å²) >= 11 is 4.76. The van der Waals surface area contributed by atoms with E-state index in [1.165, 1.54) is 28.5 Å². The number of hydrogen-bond donors (Lipinski definition) is 0. The van der Waals surface area contributed by atoms with Crippen molar-refractivity contribution >= 4 is 33.4 Å². The Hall–Kier alpha value is -1.33. The SMILES string of the molecule is Cc1cc(C)cc(CSc2ccc(Br)cc2[N+](=O)[O-])c1. The first kappa shape index (κ1) is 15.1. The molecule has 0 spiro atoms. The number of nitro benzene ring substituents is 1. The number of aryl methyl sites for hydroxylation is 2. The first-order valence-electron chi connectivity index (χ1n) is 6.09. The maximum absolute atomic E-state index is 11.1. The van der Waals surface area contributed by atoms with Gasteiger partial charge >= 0.3 is 0 Å². The van der Waals surface area contributed by atoms with Gasteiger partial charge in [-0.3, -0.25) is 10.1 Å². The summed E-state index contributed by atoms with van der Waals surface area (Å²) in [5.41, 5.74) is 3.76. The molecule has 0 unspecified atom stereocenters. The summed E-state index contributed by atoms with van der Waals surface area (Å²) < 4.78 is 0.722. The number of halogens is 1. The summed E-state index contributed by atoms with van der Waals surface area (Å²) in [7, 11) is 0. The van der Waals surface area contributed by atoms with Crippen molar-refractivity contribution in [3.05, 3.63) is 67.7 Å². The molecule has 0 radical (unpaired) electrons. The summed E-state index contributed by atoms with van der Waals surface area (Å²) in [5, 5.41) is 11.1. The van der Waals surface area contributed by atoms with Crippen LogP contribution in [0.2, 0.25) is 0 Å². The Bertz CT molecular complexity index is 638. The molecular formula is C15H14BrNO2S. The van der Waals surface area contributed by atoms with Crippen LogP contribution in [0.3, 0.4) is 0 Å². The third kappa shape index (κ3) is 3.84. The largest absolute Gasteiger partial charge is 0.284 e.